The van der Waals surface area contributed by atoms with Crippen LogP contribution in [0.4, 0.5) is 4.79 Å². The summed E-state index contributed by atoms with van der Waals surface area (Å²) in [5.74, 6) is -0.869. The molecule has 6 heteroatoms. The molecule has 1 atom stereocenters. The number of hydrogen-bond acceptors (Lipinski definition) is 4. The van der Waals surface area contributed by atoms with E-state index < -0.39 is 17.6 Å². The van der Waals surface area contributed by atoms with Gasteiger partial charge in [-0.3, -0.25) is 9.69 Å². The summed E-state index contributed by atoms with van der Waals surface area (Å²) in [6.07, 6.45) is 0.381. The molecule has 0 spiro atoms. The zero-order valence-corrected chi connectivity index (χ0v) is 14.6. The third-order valence-electron chi connectivity index (χ3n) is 3.90. The lowest BCUT2D eigenvalue weighted by molar-refractivity contribution is -0.143. The van der Waals surface area contributed by atoms with Gasteiger partial charge in [0.1, 0.15) is 11.6 Å². The number of nitrogens with zero attached hydrogens (tertiary/aromatic N) is 2. The molecule has 132 valence electrons. The molecule has 1 aromatic carbocycles. The van der Waals surface area contributed by atoms with E-state index in [0.29, 0.717) is 26.2 Å². The van der Waals surface area contributed by atoms with E-state index in [1.807, 2.05) is 56.0 Å². The lowest BCUT2D eigenvalue weighted by atomic mass is 10.1. The maximum Gasteiger partial charge on any atom is 0.410 e. The van der Waals surface area contributed by atoms with E-state index in [1.165, 1.54) is 0 Å². The van der Waals surface area contributed by atoms with E-state index in [2.05, 4.69) is 0 Å². The van der Waals surface area contributed by atoms with Gasteiger partial charge < -0.3 is 14.7 Å². The van der Waals surface area contributed by atoms with Crippen LogP contribution in [0.3, 0.4) is 0 Å². The van der Waals surface area contributed by atoms with Crippen molar-refractivity contribution in [3.8, 4) is 0 Å². The summed E-state index contributed by atoms with van der Waals surface area (Å²) >= 11 is 0. The number of rotatable bonds is 3. The minimum Gasteiger partial charge on any atom is -0.480 e. The molecule has 0 bridgehead atoms. The topological polar surface area (TPSA) is 70.1 Å². The van der Waals surface area contributed by atoms with Crippen molar-refractivity contribution in [2.45, 2.75) is 38.8 Å². The maximum absolute atomic E-state index is 12.2. The average molecular weight is 334 g/mol. The van der Waals surface area contributed by atoms with E-state index in [1.54, 1.807) is 4.90 Å². The normalized spacial score (nSPS) is 17.9. The smallest absolute Gasteiger partial charge is 0.410 e. The first kappa shape index (κ1) is 18.3. The van der Waals surface area contributed by atoms with Crippen LogP contribution in [0.5, 0.6) is 0 Å². The average Bonchev–Trinajstić information content (AvgIpc) is 2.72. The summed E-state index contributed by atoms with van der Waals surface area (Å²) in [4.78, 5) is 27.6. The Morgan fingerprint density at radius 2 is 1.75 bits per heavy atom. The molecule has 0 aliphatic carbocycles. The summed E-state index contributed by atoms with van der Waals surface area (Å²) in [5.41, 5.74) is 0.229. The van der Waals surface area contributed by atoms with Gasteiger partial charge in [0.15, 0.2) is 0 Å². The Balaban J connectivity index is 2.06. The highest BCUT2D eigenvalue weighted by Crippen LogP contribution is 2.23. The van der Waals surface area contributed by atoms with Crippen LogP contribution in [-0.2, 0) is 9.53 Å². The highest BCUT2D eigenvalue weighted by Gasteiger charge is 2.31. The summed E-state index contributed by atoms with van der Waals surface area (Å²) < 4.78 is 5.41. The molecule has 1 saturated heterocycles. The van der Waals surface area contributed by atoms with Crippen LogP contribution >= 0.6 is 0 Å². The Kier molecular flexibility index (Phi) is 5.83. The molecule has 6 nitrogen and oxygen atoms in total. The number of carboxylic acid groups (broad SMARTS) is 1. The van der Waals surface area contributed by atoms with Gasteiger partial charge in [-0.15, -0.1) is 0 Å². The molecule has 0 radical (unpaired) electrons. The number of hydrogen-bond donors (Lipinski definition) is 1. The van der Waals surface area contributed by atoms with Gasteiger partial charge >= 0.3 is 12.1 Å². The van der Waals surface area contributed by atoms with Gasteiger partial charge in [0, 0.05) is 26.2 Å². The van der Waals surface area contributed by atoms with Crippen LogP contribution in [0.1, 0.15) is 38.8 Å². The number of amides is 1. The van der Waals surface area contributed by atoms with Crippen LogP contribution in [0.15, 0.2) is 30.3 Å². The molecule has 1 aliphatic rings. The first-order valence-corrected chi connectivity index (χ1v) is 8.27. The van der Waals surface area contributed by atoms with Gasteiger partial charge in [-0.05, 0) is 32.8 Å². The third kappa shape index (κ3) is 4.96. The highest BCUT2D eigenvalue weighted by atomic mass is 16.6. The molecule has 0 saturated carbocycles. The fourth-order valence-electron chi connectivity index (χ4n) is 2.85. The van der Waals surface area contributed by atoms with Crippen LogP contribution in [0.25, 0.3) is 0 Å². The van der Waals surface area contributed by atoms with Gasteiger partial charge in [0.2, 0.25) is 0 Å². The second kappa shape index (κ2) is 7.66. The van der Waals surface area contributed by atoms with Crippen LogP contribution in [0, 0.1) is 0 Å². The summed E-state index contributed by atoms with van der Waals surface area (Å²) in [7, 11) is 0. The Morgan fingerprint density at radius 1 is 1.08 bits per heavy atom. The van der Waals surface area contributed by atoms with Gasteiger partial charge in [0.05, 0.1) is 0 Å². The van der Waals surface area contributed by atoms with Gasteiger partial charge in [-0.1, -0.05) is 30.3 Å². The fourth-order valence-corrected chi connectivity index (χ4v) is 2.85. The minimum atomic E-state index is -0.869. The molecule has 1 N–H and O–H groups in total. The molecular weight excluding hydrogens is 308 g/mol. The van der Waals surface area contributed by atoms with E-state index in [4.69, 9.17) is 4.74 Å². The fraction of sp³-hybridized carbons (Fsp3) is 0.556. The van der Waals surface area contributed by atoms with Crippen LogP contribution in [0.2, 0.25) is 0 Å². The number of carbonyl (C=O) groups excluding carboxylic acids is 1. The molecule has 0 aromatic heterocycles. The van der Waals surface area contributed by atoms with Gasteiger partial charge in [0.25, 0.3) is 0 Å². The Labute approximate surface area is 143 Å². The largest absolute Gasteiger partial charge is 0.480 e. The molecule has 24 heavy (non-hydrogen) atoms. The molecule has 1 aliphatic heterocycles. The maximum atomic E-state index is 12.2. The van der Waals surface area contributed by atoms with E-state index in [9.17, 15) is 14.7 Å². The standard InChI is InChI=1S/C18H26N2O4/c1-18(2,3)24-17(23)20-11-7-10-19(12-13-20)15(16(21)22)14-8-5-4-6-9-14/h4-6,8-9,15H,7,10-13H2,1-3H3,(H,21,22). The van der Waals surface area contributed by atoms with E-state index in [0.717, 1.165) is 12.0 Å². The Hall–Kier alpha value is -2.08. The van der Waals surface area contributed by atoms with Gasteiger partial charge in [-0.25, -0.2) is 4.79 Å². The lowest BCUT2D eigenvalue weighted by Crippen LogP contribution is -2.40. The minimum absolute atomic E-state index is 0.337. The second-order valence-corrected chi connectivity index (χ2v) is 7.01. The van der Waals surface area contributed by atoms with Crippen molar-refractivity contribution in [3.05, 3.63) is 35.9 Å². The second-order valence-electron chi connectivity index (χ2n) is 7.01. The van der Waals surface area contributed by atoms with Crippen molar-refractivity contribution in [2.24, 2.45) is 0 Å². The number of carboxylic acids is 1. The number of aliphatic carboxylic acids is 1. The zero-order chi connectivity index (χ0) is 17.7. The highest BCUT2D eigenvalue weighted by molar-refractivity contribution is 5.75. The molecule has 1 amide bonds. The molecule has 2 rings (SSSR count). The summed E-state index contributed by atoms with van der Waals surface area (Å²) in [5, 5.41) is 9.65. The lowest BCUT2D eigenvalue weighted by Gasteiger charge is -2.28. The van der Waals surface area contributed by atoms with Crippen molar-refractivity contribution in [3.63, 3.8) is 0 Å². The summed E-state index contributed by atoms with van der Waals surface area (Å²) in [6.45, 7) is 7.69. The van der Waals surface area contributed by atoms with Gasteiger partial charge in [-0.2, -0.15) is 0 Å². The molecule has 1 fully saturated rings. The Bertz CT molecular complexity index is 568. The molecule has 1 aromatic rings. The predicted octanol–water partition coefficient (Wildman–Crippen LogP) is 2.76. The number of ether oxygens (including phenoxy) is 1. The SMILES string of the molecule is CC(C)(C)OC(=O)N1CCCN(C(C(=O)O)c2ccccc2)CC1. The Morgan fingerprint density at radius 3 is 2.33 bits per heavy atom. The van der Waals surface area contributed by atoms with Crippen molar-refractivity contribution in [2.75, 3.05) is 26.2 Å². The van der Waals surface area contributed by atoms with E-state index >= 15 is 0 Å². The van der Waals surface area contributed by atoms with Crippen molar-refractivity contribution >= 4 is 12.1 Å². The quantitative estimate of drug-likeness (QED) is 0.920. The first-order valence-electron chi connectivity index (χ1n) is 8.27. The van der Waals surface area contributed by atoms with Crippen molar-refractivity contribution < 1.29 is 19.4 Å². The van der Waals surface area contributed by atoms with Crippen molar-refractivity contribution in [1.29, 1.82) is 0 Å². The van der Waals surface area contributed by atoms with Crippen LogP contribution < -0.4 is 0 Å². The number of benzene rings is 1. The molecule has 1 heterocycles. The molecule has 1 unspecified atom stereocenters. The molecular formula is C18H26N2O4. The van der Waals surface area contributed by atoms with E-state index in [-0.39, 0.29) is 6.09 Å². The zero-order valence-electron chi connectivity index (χ0n) is 14.6. The predicted molar refractivity (Wildman–Crippen MR) is 90.8 cm³/mol. The van der Waals surface area contributed by atoms with Crippen LogP contribution in [-0.4, -0.2) is 58.7 Å². The first-order chi connectivity index (χ1) is 11.3. The number of carbonyl (C=O) groups is 2. The van der Waals surface area contributed by atoms with Crippen molar-refractivity contribution in [1.82, 2.24) is 9.80 Å². The monoisotopic (exact) mass is 334 g/mol. The third-order valence-corrected chi connectivity index (χ3v) is 3.90. The summed E-state index contributed by atoms with van der Waals surface area (Å²) in [6, 6.07) is 8.52.